The lowest BCUT2D eigenvalue weighted by Gasteiger charge is -2.40. The maximum Gasteiger partial charge on any atom is 0.187 e. The number of aromatic hydroxyl groups is 1. The SMILES string of the molecule is CCCCC[C@H](C(=O)CCc1c(O)cc2c3c1CSSC[C@@H]1CN[C@H](N)c4ccc5c(c41)CC1=CN=C4CN(C=C14)[C@@H](O3)[C@H](C#C[C@H]5O)C1(C#CO2)CCCC1)[C@H](O)[C@@H]1C=C[C@@H](C)C[C@H]1O. The Hall–Kier alpha value is -4.18. The highest BCUT2D eigenvalue weighted by Gasteiger charge is 2.49. The molecule has 0 saturated heterocycles. The predicted molar refractivity (Wildman–Crippen MR) is 259 cm³/mol. The van der Waals surface area contributed by atoms with E-state index in [2.05, 4.69) is 53.3 Å². The van der Waals surface area contributed by atoms with Crippen LogP contribution >= 0.6 is 21.6 Å². The molecule has 9 aliphatic rings. The van der Waals surface area contributed by atoms with Crippen LogP contribution < -0.4 is 20.5 Å². The van der Waals surface area contributed by atoms with Crippen LogP contribution in [-0.4, -0.2) is 74.1 Å². The molecule has 2 aliphatic carbocycles. The normalized spacial score (nSPS) is 29.8. The highest BCUT2D eigenvalue weighted by Crippen LogP contribution is 2.52. The minimum atomic E-state index is -1.08. The number of unbranched alkanes of at least 4 members (excludes halogenated alkanes) is 2. The Balaban J connectivity index is 1.10. The van der Waals surface area contributed by atoms with Crippen molar-refractivity contribution in [2.45, 2.75) is 133 Å². The summed E-state index contributed by atoms with van der Waals surface area (Å²) in [7, 11) is 3.39. The number of phenolic OH excluding ortho intramolecular Hbond substituents is 1. The molecule has 0 unspecified atom stereocenters. The largest absolute Gasteiger partial charge is 0.508 e. The molecule has 10 atom stereocenters. The monoisotopic (exact) mass is 930 g/mol. The quantitative estimate of drug-likeness (QED) is 0.0598. The number of nitrogens with zero attached hydrogens (tertiary/aromatic N) is 2. The second-order valence-electron chi connectivity index (χ2n) is 19.7. The Morgan fingerprint density at radius 1 is 1.12 bits per heavy atom. The molecule has 7 N–H and O–H groups in total. The van der Waals surface area contributed by atoms with Gasteiger partial charge in [0.1, 0.15) is 23.7 Å². The Morgan fingerprint density at radius 2 is 1.95 bits per heavy atom. The van der Waals surface area contributed by atoms with Crippen LogP contribution in [0.25, 0.3) is 0 Å². The van der Waals surface area contributed by atoms with E-state index in [1.54, 1.807) is 27.7 Å². The summed E-state index contributed by atoms with van der Waals surface area (Å²) in [5, 5.41) is 50.8. The number of hydrogen-bond acceptors (Lipinski definition) is 13. The number of rotatable bonds is 10. The molecule has 7 aliphatic heterocycles. The second kappa shape index (κ2) is 19.1. The number of phenols is 1. The van der Waals surface area contributed by atoms with Crippen molar-refractivity contribution in [3.63, 3.8) is 0 Å². The van der Waals surface area contributed by atoms with Gasteiger partial charge in [0.05, 0.1) is 42.0 Å². The first-order valence-corrected chi connectivity index (χ1v) is 26.6. The zero-order chi connectivity index (χ0) is 45.7. The molecule has 1 spiro atoms. The van der Waals surface area contributed by atoms with Crippen molar-refractivity contribution in [3.05, 3.63) is 87.3 Å². The van der Waals surface area contributed by atoms with Crippen LogP contribution in [0.4, 0.5) is 0 Å². The molecule has 66 heavy (non-hydrogen) atoms. The number of aliphatic imine (C=N–C) groups is 1. The summed E-state index contributed by atoms with van der Waals surface area (Å²) in [5.41, 5.74) is 14.6. The highest BCUT2D eigenvalue weighted by molar-refractivity contribution is 8.76. The molecule has 1 fully saturated rings. The first-order chi connectivity index (χ1) is 32.0. The lowest BCUT2D eigenvalue weighted by Crippen LogP contribution is -2.47. The zero-order valence-electron chi connectivity index (χ0n) is 37.9. The zero-order valence-corrected chi connectivity index (χ0v) is 39.6. The summed E-state index contributed by atoms with van der Waals surface area (Å²) in [4.78, 5) is 21.7. The fourth-order valence-electron chi connectivity index (χ4n) is 11.9. The van der Waals surface area contributed by atoms with Gasteiger partial charge >= 0.3 is 0 Å². The minimum Gasteiger partial charge on any atom is -0.508 e. The summed E-state index contributed by atoms with van der Waals surface area (Å²) in [6.07, 6.45) is 15.3. The van der Waals surface area contributed by atoms with Gasteiger partial charge in [-0.1, -0.05) is 110 Å². The van der Waals surface area contributed by atoms with Crippen LogP contribution in [0, 0.1) is 53.0 Å². The van der Waals surface area contributed by atoms with E-state index < -0.39 is 47.7 Å². The van der Waals surface area contributed by atoms with Crippen LogP contribution in [0.5, 0.6) is 17.2 Å². The molecule has 0 aromatic heterocycles. The number of nitrogens with one attached hydrogen (secondary N) is 1. The number of nitrogens with two attached hydrogens (primary N) is 1. The van der Waals surface area contributed by atoms with Crippen molar-refractivity contribution >= 4 is 33.1 Å². The van der Waals surface area contributed by atoms with E-state index >= 15 is 0 Å². The van der Waals surface area contributed by atoms with Gasteiger partial charge in [-0.25, -0.2) is 0 Å². The Bertz CT molecular complexity index is 2510. The topological polar surface area (TPSA) is 170 Å². The van der Waals surface area contributed by atoms with Gasteiger partial charge < -0.3 is 40.5 Å². The van der Waals surface area contributed by atoms with Gasteiger partial charge in [0.2, 0.25) is 0 Å². The second-order valence-corrected chi connectivity index (χ2v) is 22.2. The molecular weight excluding hydrogens is 869 g/mol. The fraction of sp³-hybridized carbons (Fsp3) is 0.547. The molecule has 1 saturated carbocycles. The maximum atomic E-state index is 14.5. The van der Waals surface area contributed by atoms with Crippen molar-refractivity contribution in [1.82, 2.24) is 10.2 Å². The first kappa shape index (κ1) is 45.6. The van der Waals surface area contributed by atoms with Gasteiger partial charge in [-0.05, 0) is 65.8 Å². The number of benzene rings is 2. The van der Waals surface area contributed by atoms with E-state index in [1.807, 2.05) is 31.3 Å². The van der Waals surface area contributed by atoms with Crippen LogP contribution in [0.3, 0.4) is 0 Å². The molecule has 2 aromatic carbocycles. The third-order valence-corrected chi connectivity index (χ3v) is 17.9. The predicted octanol–water partition coefficient (Wildman–Crippen LogP) is 7.63. The highest BCUT2D eigenvalue weighted by atomic mass is 33.1. The number of Topliss-reactive ketones (excluding diaryl/α,β-unsaturated/α-hetero) is 1. The Kier molecular flexibility index (Phi) is 13.2. The van der Waals surface area contributed by atoms with Gasteiger partial charge in [-0.15, -0.1) is 0 Å². The lowest BCUT2D eigenvalue weighted by molar-refractivity contribution is -0.129. The summed E-state index contributed by atoms with van der Waals surface area (Å²) in [6, 6.07) is 5.63. The summed E-state index contributed by atoms with van der Waals surface area (Å²) < 4.78 is 13.8. The van der Waals surface area contributed by atoms with Crippen LogP contribution in [-0.2, 0) is 23.4 Å². The van der Waals surface area contributed by atoms with E-state index in [9.17, 15) is 25.2 Å². The first-order valence-electron chi connectivity index (χ1n) is 24.2. The summed E-state index contributed by atoms with van der Waals surface area (Å²) in [5.74, 6) is 10.9. The molecule has 7 heterocycles. The average Bonchev–Trinajstić information content (AvgIpc) is 4.05. The molecular formula is C53H62N4O7S2. The number of fused-ring (bicyclic) bond motifs is 4. The van der Waals surface area contributed by atoms with Crippen molar-refractivity contribution in [3.8, 4) is 41.1 Å². The van der Waals surface area contributed by atoms with E-state index in [-0.39, 0.29) is 42.4 Å². The summed E-state index contributed by atoms with van der Waals surface area (Å²) in [6.45, 7) is 5.31. The van der Waals surface area contributed by atoms with Crippen molar-refractivity contribution < 1.29 is 34.7 Å². The smallest absolute Gasteiger partial charge is 0.187 e. The number of allylic oxidation sites excluding steroid dienone is 2. The average molecular weight is 931 g/mol. The Labute approximate surface area is 396 Å². The van der Waals surface area contributed by atoms with Gasteiger partial charge in [0.15, 0.2) is 17.7 Å². The molecule has 2 aromatic rings. The van der Waals surface area contributed by atoms with Gasteiger partial charge in [0.25, 0.3) is 0 Å². The Morgan fingerprint density at radius 3 is 2.77 bits per heavy atom. The van der Waals surface area contributed by atoms with Gasteiger partial charge in [-0.3, -0.25) is 15.1 Å². The number of carbonyl (C=O) groups is 1. The van der Waals surface area contributed by atoms with Crippen LogP contribution in [0.2, 0.25) is 0 Å². The minimum absolute atomic E-state index is 0.0107. The van der Waals surface area contributed by atoms with Gasteiger partial charge in [0, 0.05) is 83.8 Å². The van der Waals surface area contributed by atoms with Crippen molar-refractivity contribution in [1.29, 1.82) is 0 Å². The van der Waals surface area contributed by atoms with Crippen molar-refractivity contribution in [2.24, 2.45) is 39.8 Å². The summed E-state index contributed by atoms with van der Waals surface area (Å²) >= 11 is 0. The number of aliphatic hydroxyl groups is 3. The van der Waals surface area contributed by atoms with E-state index in [4.69, 9.17) is 20.2 Å². The number of hydrogen-bond donors (Lipinski definition) is 6. The molecule has 13 heteroatoms. The standard InChI is InChI=1S/C53H62N4O7S2/c1-3-4-5-8-35(49(62)36-10-9-30(2)21-45(36)60)44(59)15-13-34-40-29-66-65-28-32-25-56-51(54)37-12-11-33-38(48(32)37)22-31-24-55-42-27-57(26-39(31)42)52-41(14-16-43(33)58)53(17-6-7-18-53)19-20-63-47(23-46(34)61)50(40)64-52/h9-12,23-24,26,30,32,35-36,41,43,45,49,51-52,56,58,60-62H,3-8,13,15,17-18,21-22,25,27-29,54H2,1-2H3/t30-,32+,35-,36-,41+,43-,45-,49+,51+,52+/m1/s1. The number of carbonyl (C=O) groups excluding carboxylic acids is 1. The molecule has 11 nitrogen and oxygen atoms in total. The fourth-order valence-corrected chi connectivity index (χ4v) is 14.3. The number of aliphatic hydroxyl groups excluding tert-OH is 3. The lowest BCUT2D eigenvalue weighted by atomic mass is 9.73. The van der Waals surface area contributed by atoms with E-state index in [0.29, 0.717) is 55.2 Å². The molecule has 8 bridgehead atoms. The molecule has 348 valence electrons. The van der Waals surface area contributed by atoms with Gasteiger partial charge in [-0.2, -0.15) is 0 Å². The van der Waals surface area contributed by atoms with Crippen molar-refractivity contribution in [2.75, 3.05) is 18.8 Å². The van der Waals surface area contributed by atoms with Crippen LogP contribution in [0.15, 0.2) is 58.9 Å². The molecule has 0 radical (unpaired) electrons. The van der Waals surface area contributed by atoms with E-state index in [1.165, 1.54) is 0 Å². The third kappa shape index (κ3) is 8.52. The third-order valence-electron chi connectivity index (χ3n) is 15.5. The van der Waals surface area contributed by atoms with Crippen LogP contribution in [0.1, 0.15) is 130 Å². The number of ketones is 1. The molecule has 0 amide bonds. The maximum absolute atomic E-state index is 14.5. The number of ether oxygens (including phenoxy) is 2. The van der Waals surface area contributed by atoms with E-state index in [0.717, 1.165) is 95.4 Å². The molecule has 11 rings (SSSR count).